The number of benzene rings is 2. The highest BCUT2D eigenvalue weighted by molar-refractivity contribution is 9.10. The Balaban J connectivity index is 2.22. The molecule has 3 nitrogen and oxygen atoms in total. The van der Waals surface area contributed by atoms with Gasteiger partial charge in [-0.25, -0.2) is 0 Å². The highest BCUT2D eigenvalue weighted by Gasteiger charge is 2.05. The van der Waals surface area contributed by atoms with E-state index in [1.807, 2.05) is 30.3 Å². The molecule has 4 heteroatoms. The van der Waals surface area contributed by atoms with Gasteiger partial charge in [-0.05, 0) is 52.2 Å². The van der Waals surface area contributed by atoms with Gasteiger partial charge in [-0.15, -0.1) is 0 Å². The van der Waals surface area contributed by atoms with Crippen molar-refractivity contribution >= 4 is 33.0 Å². The Bertz CT molecular complexity index is 558. The fraction of sp³-hybridized carbons (Fsp3) is 0.200. The third-order valence-corrected chi connectivity index (χ3v) is 3.51. The van der Waals surface area contributed by atoms with E-state index in [4.69, 9.17) is 10.5 Å². The van der Waals surface area contributed by atoms with Gasteiger partial charge in [-0.3, -0.25) is 0 Å². The van der Waals surface area contributed by atoms with E-state index in [0.29, 0.717) is 6.61 Å². The molecule has 0 unspecified atom stereocenters. The number of para-hydroxylation sites is 1. The molecule has 0 aliphatic rings. The monoisotopic (exact) mass is 320 g/mol. The molecule has 0 aromatic heterocycles. The fourth-order valence-corrected chi connectivity index (χ4v) is 2.35. The summed E-state index contributed by atoms with van der Waals surface area (Å²) >= 11 is 3.51. The number of nitrogen functional groups attached to an aromatic ring is 1. The maximum Gasteiger partial charge on any atom is 0.0530 e. The Labute approximate surface area is 121 Å². The Morgan fingerprint density at radius 1 is 1.16 bits per heavy atom. The number of hydrogen-bond acceptors (Lipinski definition) is 3. The SMILES string of the molecule is COCCc1ccccc1Nc1ccc(N)cc1Br. The number of nitrogens with two attached hydrogens (primary N) is 1. The minimum atomic E-state index is 0.710. The lowest BCUT2D eigenvalue weighted by atomic mass is 10.1. The molecule has 0 spiro atoms. The molecule has 0 heterocycles. The molecule has 2 aromatic rings. The van der Waals surface area contributed by atoms with E-state index in [-0.39, 0.29) is 0 Å². The van der Waals surface area contributed by atoms with Crippen LogP contribution >= 0.6 is 15.9 Å². The van der Waals surface area contributed by atoms with E-state index < -0.39 is 0 Å². The van der Waals surface area contributed by atoms with Crippen molar-refractivity contribution in [2.24, 2.45) is 0 Å². The quantitative estimate of drug-likeness (QED) is 0.820. The van der Waals surface area contributed by atoms with Crippen molar-refractivity contribution in [3.05, 3.63) is 52.5 Å². The predicted molar refractivity (Wildman–Crippen MR) is 83.9 cm³/mol. The molecular weight excluding hydrogens is 304 g/mol. The van der Waals surface area contributed by atoms with Gasteiger partial charge in [0.05, 0.1) is 12.3 Å². The van der Waals surface area contributed by atoms with Crippen LogP contribution in [0.4, 0.5) is 17.1 Å². The van der Waals surface area contributed by atoms with Gasteiger partial charge in [0.15, 0.2) is 0 Å². The second kappa shape index (κ2) is 6.59. The predicted octanol–water partition coefficient (Wildman–Crippen LogP) is 3.96. The maximum atomic E-state index is 5.74. The van der Waals surface area contributed by atoms with Crippen LogP contribution in [0.15, 0.2) is 46.9 Å². The van der Waals surface area contributed by atoms with Crippen molar-refractivity contribution in [3.63, 3.8) is 0 Å². The summed E-state index contributed by atoms with van der Waals surface area (Å²) in [4.78, 5) is 0. The molecule has 3 N–H and O–H groups in total. The first kappa shape index (κ1) is 13.9. The first-order chi connectivity index (χ1) is 9.20. The molecule has 0 saturated heterocycles. The van der Waals surface area contributed by atoms with Crippen LogP contribution in [0.25, 0.3) is 0 Å². The molecule has 0 amide bonds. The molecule has 0 aliphatic heterocycles. The van der Waals surface area contributed by atoms with Crippen molar-refractivity contribution < 1.29 is 4.74 Å². The first-order valence-electron chi connectivity index (χ1n) is 6.09. The molecule has 2 aromatic carbocycles. The van der Waals surface area contributed by atoms with Gasteiger partial charge < -0.3 is 15.8 Å². The average Bonchev–Trinajstić information content (AvgIpc) is 2.41. The summed E-state index contributed by atoms with van der Waals surface area (Å²) < 4.78 is 6.09. The van der Waals surface area contributed by atoms with Gasteiger partial charge in [0.1, 0.15) is 0 Å². The molecule has 2 rings (SSSR count). The van der Waals surface area contributed by atoms with E-state index in [2.05, 4.69) is 33.4 Å². The standard InChI is InChI=1S/C15H17BrN2O/c1-19-9-8-11-4-2-3-5-14(11)18-15-7-6-12(17)10-13(15)16/h2-7,10,18H,8-9,17H2,1H3. The molecule has 0 aliphatic carbocycles. The number of anilines is 3. The Hall–Kier alpha value is -1.52. The minimum Gasteiger partial charge on any atom is -0.399 e. The summed E-state index contributed by atoms with van der Waals surface area (Å²) in [6.45, 7) is 0.710. The summed E-state index contributed by atoms with van der Waals surface area (Å²) in [5, 5.41) is 3.42. The van der Waals surface area contributed by atoms with Crippen molar-refractivity contribution in [1.82, 2.24) is 0 Å². The fourth-order valence-electron chi connectivity index (χ4n) is 1.85. The zero-order valence-corrected chi connectivity index (χ0v) is 12.4. The van der Waals surface area contributed by atoms with Gasteiger partial charge >= 0.3 is 0 Å². The Morgan fingerprint density at radius 2 is 1.95 bits per heavy atom. The highest BCUT2D eigenvalue weighted by Crippen LogP contribution is 2.29. The number of ether oxygens (including phenoxy) is 1. The van der Waals surface area contributed by atoms with Gasteiger partial charge in [0.25, 0.3) is 0 Å². The zero-order chi connectivity index (χ0) is 13.7. The Morgan fingerprint density at radius 3 is 2.68 bits per heavy atom. The van der Waals surface area contributed by atoms with Crippen LogP contribution in [0.3, 0.4) is 0 Å². The van der Waals surface area contributed by atoms with Gasteiger partial charge in [-0.1, -0.05) is 18.2 Å². The summed E-state index contributed by atoms with van der Waals surface area (Å²) in [5.74, 6) is 0. The maximum absolute atomic E-state index is 5.74. The van der Waals surface area contributed by atoms with Crippen LogP contribution in [0.1, 0.15) is 5.56 Å². The third-order valence-electron chi connectivity index (χ3n) is 2.86. The molecule has 0 radical (unpaired) electrons. The number of nitrogens with one attached hydrogen (secondary N) is 1. The van der Waals surface area contributed by atoms with Crippen LogP contribution in [0.2, 0.25) is 0 Å². The van der Waals surface area contributed by atoms with Crippen molar-refractivity contribution in [2.75, 3.05) is 24.8 Å². The number of rotatable bonds is 5. The summed E-state index contributed by atoms with van der Waals surface area (Å²) in [6.07, 6.45) is 0.881. The number of hydrogen-bond donors (Lipinski definition) is 2. The van der Waals surface area contributed by atoms with Crippen LogP contribution < -0.4 is 11.1 Å². The van der Waals surface area contributed by atoms with Crippen molar-refractivity contribution in [2.45, 2.75) is 6.42 Å². The molecule has 100 valence electrons. The van der Waals surface area contributed by atoms with Gasteiger partial charge in [-0.2, -0.15) is 0 Å². The Kier molecular flexibility index (Phi) is 4.82. The molecule has 19 heavy (non-hydrogen) atoms. The lowest BCUT2D eigenvalue weighted by Gasteiger charge is -2.13. The normalized spacial score (nSPS) is 10.4. The lowest BCUT2D eigenvalue weighted by molar-refractivity contribution is 0.202. The van der Waals surface area contributed by atoms with Crippen molar-refractivity contribution in [3.8, 4) is 0 Å². The van der Waals surface area contributed by atoms with Gasteiger partial charge in [0.2, 0.25) is 0 Å². The molecule has 0 fully saturated rings. The third kappa shape index (κ3) is 3.72. The summed E-state index contributed by atoms with van der Waals surface area (Å²) in [7, 11) is 1.71. The van der Waals surface area contributed by atoms with Crippen LogP contribution in [-0.2, 0) is 11.2 Å². The molecular formula is C15H17BrN2O. The topological polar surface area (TPSA) is 47.3 Å². The largest absolute Gasteiger partial charge is 0.399 e. The minimum absolute atomic E-state index is 0.710. The summed E-state index contributed by atoms with van der Waals surface area (Å²) in [6, 6.07) is 14.0. The van der Waals surface area contributed by atoms with Gasteiger partial charge in [0, 0.05) is 23.0 Å². The zero-order valence-electron chi connectivity index (χ0n) is 10.8. The second-order valence-electron chi connectivity index (χ2n) is 4.26. The number of methoxy groups -OCH3 is 1. The number of halogens is 1. The van der Waals surface area contributed by atoms with Crippen LogP contribution in [0.5, 0.6) is 0 Å². The van der Waals surface area contributed by atoms with E-state index >= 15 is 0 Å². The highest BCUT2D eigenvalue weighted by atomic mass is 79.9. The molecule has 0 saturated carbocycles. The van der Waals surface area contributed by atoms with Crippen LogP contribution in [0, 0.1) is 0 Å². The van der Waals surface area contributed by atoms with E-state index in [0.717, 1.165) is 28.0 Å². The first-order valence-corrected chi connectivity index (χ1v) is 6.89. The van der Waals surface area contributed by atoms with E-state index in [1.165, 1.54) is 5.56 Å². The van der Waals surface area contributed by atoms with Crippen molar-refractivity contribution in [1.29, 1.82) is 0 Å². The smallest absolute Gasteiger partial charge is 0.0530 e. The molecule has 0 atom stereocenters. The van der Waals surface area contributed by atoms with E-state index in [1.54, 1.807) is 7.11 Å². The summed E-state index contributed by atoms with van der Waals surface area (Å²) in [5.41, 5.74) is 9.80. The van der Waals surface area contributed by atoms with Crippen LogP contribution in [-0.4, -0.2) is 13.7 Å². The lowest BCUT2D eigenvalue weighted by Crippen LogP contribution is -2.00. The van der Waals surface area contributed by atoms with E-state index in [9.17, 15) is 0 Å². The molecule has 0 bridgehead atoms. The average molecular weight is 321 g/mol. The second-order valence-corrected chi connectivity index (χ2v) is 5.12.